The molecular formula is C14H22N2O2. The van der Waals surface area contributed by atoms with Gasteiger partial charge < -0.3 is 15.4 Å². The highest BCUT2D eigenvalue weighted by molar-refractivity contribution is 5.96. The molecule has 0 bridgehead atoms. The molecular weight excluding hydrogens is 228 g/mol. The molecule has 1 amide bonds. The number of ether oxygens (including phenoxy) is 1. The quantitative estimate of drug-likeness (QED) is 0.729. The van der Waals surface area contributed by atoms with Gasteiger partial charge in [-0.1, -0.05) is 0 Å². The predicted octanol–water partition coefficient (Wildman–Crippen LogP) is 2.19. The number of hydrogen-bond acceptors (Lipinski definition) is 3. The number of carbonyl (C=O) groups is 1. The molecule has 0 unspecified atom stereocenters. The Morgan fingerprint density at radius 3 is 2.78 bits per heavy atom. The standard InChI is InChI=1S/C14H22N2O2/c1-4-15-12-6-7-13(11(2)10-12)14(17)16-8-5-9-18-3/h6-7,10,15H,4-5,8-9H2,1-3H3,(H,16,17). The number of methoxy groups -OCH3 is 1. The maximum Gasteiger partial charge on any atom is 0.251 e. The Hall–Kier alpha value is -1.55. The molecule has 0 saturated heterocycles. The third-order valence-corrected chi connectivity index (χ3v) is 2.66. The lowest BCUT2D eigenvalue weighted by Gasteiger charge is -2.10. The van der Waals surface area contributed by atoms with E-state index >= 15 is 0 Å². The van der Waals surface area contributed by atoms with Crippen LogP contribution in [0.2, 0.25) is 0 Å². The Kier molecular flexibility index (Phi) is 6.22. The Morgan fingerprint density at radius 2 is 2.17 bits per heavy atom. The van der Waals surface area contributed by atoms with Crippen LogP contribution in [0.3, 0.4) is 0 Å². The maximum atomic E-state index is 11.9. The highest BCUT2D eigenvalue weighted by Gasteiger charge is 2.08. The molecule has 0 fully saturated rings. The van der Waals surface area contributed by atoms with Crippen molar-refractivity contribution >= 4 is 11.6 Å². The fourth-order valence-electron chi connectivity index (χ4n) is 1.75. The van der Waals surface area contributed by atoms with E-state index in [0.29, 0.717) is 13.2 Å². The normalized spacial score (nSPS) is 10.2. The van der Waals surface area contributed by atoms with Crippen molar-refractivity contribution in [1.82, 2.24) is 5.32 Å². The molecule has 0 saturated carbocycles. The van der Waals surface area contributed by atoms with Crippen molar-refractivity contribution in [2.24, 2.45) is 0 Å². The van der Waals surface area contributed by atoms with Gasteiger partial charge in [0.15, 0.2) is 0 Å². The molecule has 0 aromatic heterocycles. The van der Waals surface area contributed by atoms with Gasteiger partial charge in [-0.05, 0) is 44.0 Å². The largest absolute Gasteiger partial charge is 0.385 e. The van der Waals surface area contributed by atoms with Crippen molar-refractivity contribution in [1.29, 1.82) is 0 Å². The molecule has 0 heterocycles. The van der Waals surface area contributed by atoms with Crippen molar-refractivity contribution in [2.75, 3.05) is 32.1 Å². The number of nitrogens with one attached hydrogen (secondary N) is 2. The van der Waals surface area contributed by atoms with Gasteiger partial charge in [0.2, 0.25) is 0 Å². The van der Waals surface area contributed by atoms with Crippen molar-refractivity contribution in [3.8, 4) is 0 Å². The van der Waals surface area contributed by atoms with Gasteiger partial charge >= 0.3 is 0 Å². The zero-order valence-electron chi connectivity index (χ0n) is 11.4. The molecule has 0 aliphatic rings. The molecule has 0 atom stereocenters. The van der Waals surface area contributed by atoms with Gasteiger partial charge in [0.05, 0.1) is 0 Å². The fraction of sp³-hybridized carbons (Fsp3) is 0.500. The highest BCUT2D eigenvalue weighted by Crippen LogP contribution is 2.14. The summed E-state index contributed by atoms with van der Waals surface area (Å²) in [6.45, 7) is 6.18. The minimum Gasteiger partial charge on any atom is -0.385 e. The lowest BCUT2D eigenvalue weighted by atomic mass is 10.1. The van der Waals surface area contributed by atoms with Crippen LogP contribution in [0.15, 0.2) is 18.2 Å². The van der Waals surface area contributed by atoms with E-state index < -0.39 is 0 Å². The van der Waals surface area contributed by atoms with Crippen LogP contribution in [0.5, 0.6) is 0 Å². The van der Waals surface area contributed by atoms with E-state index in [1.807, 2.05) is 32.0 Å². The van der Waals surface area contributed by atoms with Crippen molar-refractivity contribution in [2.45, 2.75) is 20.3 Å². The summed E-state index contributed by atoms with van der Waals surface area (Å²) in [7, 11) is 1.66. The number of anilines is 1. The van der Waals surface area contributed by atoms with Crippen LogP contribution in [-0.2, 0) is 4.74 Å². The molecule has 4 heteroatoms. The van der Waals surface area contributed by atoms with Gasteiger partial charge in [0.1, 0.15) is 0 Å². The number of rotatable bonds is 7. The molecule has 1 aromatic rings. The number of amides is 1. The number of benzene rings is 1. The number of hydrogen-bond donors (Lipinski definition) is 2. The Balaban J connectivity index is 2.57. The highest BCUT2D eigenvalue weighted by atomic mass is 16.5. The fourth-order valence-corrected chi connectivity index (χ4v) is 1.75. The Bertz CT molecular complexity index is 391. The first-order valence-corrected chi connectivity index (χ1v) is 6.30. The molecule has 0 aliphatic heterocycles. The summed E-state index contributed by atoms with van der Waals surface area (Å²) in [4.78, 5) is 11.9. The summed E-state index contributed by atoms with van der Waals surface area (Å²) in [6, 6.07) is 5.78. The van der Waals surface area contributed by atoms with Crippen LogP contribution in [-0.4, -0.2) is 32.7 Å². The van der Waals surface area contributed by atoms with E-state index in [2.05, 4.69) is 10.6 Å². The van der Waals surface area contributed by atoms with Crippen molar-refractivity contribution in [3.63, 3.8) is 0 Å². The van der Waals surface area contributed by atoms with Crippen LogP contribution >= 0.6 is 0 Å². The molecule has 0 aliphatic carbocycles. The summed E-state index contributed by atoms with van der Waals surface area (Å²) in [5, 5.41) is 6.11. The predicted molar refractivity (Wildman–Crippen MR) is 74.2 cm³/mol. The lowest BCUT2D eigenvalue weighted by Crippen LogP contribution is -2.25. The molecule has 0 spiro atoms. The van der Waals surface area contributed by atoms with Gasteiger partial charge in [0, 0.05) is 38.1 Å². The summed E-state index contributed by atoms with van der Waals surface area (Å²) < 4.78 is 4.94. The molecule has 0 radical (unpaired) electrons. The van der Waals surface area contributed by atoms with Gasteiger partial charge in [0.25, 0.3) is 5.91 Å². The van der Waals surface area contributed by atoms with Gasteiger partial charge in [-0.25, -0.2) is 0 Å². The monoisotopic (exact) mass is 250 g/mol. The van der Waals surface area contributed by atoms with E-state index in [-0.39, 0.29) is 5.91 Å². The number of aryl methyl sites for hydroxylation is 1. The van der Waals surface area contributed by atoms with E-state index in [0.717, 1.165) is 29.8 Å². The van der Waals surface area contributed by atoms with Crippen LogP contribution in [0.1, 0.15) is 29.3 Å². The Labute approximate surface area is 109 Å². The molecule has 4 nitrogen and oxygen atoms in total. The topological polar surface area (TPSA) is 50.4 Å². The SMILES string of the molecule is CCNc1ccc(C(=O)NCCCOC)c(C)c1. The van der Waals surface area contributed by atoms with E-state index in [4.69, 9.17) is 4.74 Å². The molecule has 1 rings (SSSR count). The van der Waals surface area contributed by atoms with Crippen LogP contribution in [0.25, 0.3) is 0 Å². The third kappa shape index (κ3) is 4.37. The molecule has 1 aromatic carbocycles. The van der Waals surface area contributed by atoms with Crippen LogP contribution in [0.4, 0.5) is 5.69 Å². The van der Waals surface area contributed by atoms with Gasteiger partial charge in [-0.3, -0.25) is 4.79 Å². The second kappa shape index (κ2) is 7.71. The molecule has 100 valence electrons. The van der Waals surface area contributed by atoms with Crippen molar-refractivity contribution in [3.05, 3.63) is 29.3 Å². The van der Waals surface area contributed by atoms with Gasteiger partial charge in [-0.15, -0.1) is 0 Å². The zero-order valence-corrected chi connectivity index (χ0v) is 11.4. The first-order chi connectivity index (χ1) is 8.69. The van der Waals surface area contributed by atoms with E-state index in [1.165, 1.54) is 0 Å². The third-order valence-electron chi connectivity index (χ3n) is 2.66. The number of carbonyl (C=O) groups excluding carboxylic acids is 1. The summed E-state index contributed by atoms with van der Waals surface area (Å²) in [5.41, 5.74) is 2.76. The summed E-state index contributed by atoms with van der Waals surface area (Å²) in [6.07, 6.45) is 0.830. The van der Waals surface area contributed by atoms with E-state index in [9.17, 15) is 4.79 Å². The van der Waals surface area contributed by atoms with Crippen molar-refractivity contribution < 1.29 is 9.53 Å². The second-order valence-electron chi connectivity index (χ2n) is 4.16. The summed E-state index contributed by atoms with van der Waals surface area (Å²) >= 11 is 0. The summed E-state index contributed by atoms with van der Waals surface area (Å²) in [5.74, 6) is -0.0216. The first kappa shape index (κ1) is 14.5. The second-order valence-corrected chi connectivity index (χ2v) is 4.16. The first-order valence-electron chi connectivity index (χ1n) is 6.30. The van der Waals surface area contributed by atoms with Gasteiger partial charge in [-0.2, -0.15) is 0 Å². The smallest absolute Gasteiger partial charge is 0.251 e. The average Bonchev–Trinajstić information content (AvgIpc) is 2.35. The van der Waals surface area contributed by atoms with Crippen LogP contribution in [0, 0.1) is 6.92 Å². The lowest BCUT2D eigenvalue weighted by molar-refractivity contribution is 0.0948. The maximum absolute atomic E-state index is 11.9. The van der Waals surface area contributed by atoms with E-state index in [1.54, 1.807) is 7.11 Å². The average molecular weight is 250 g/mol. The minimum atomic E-state index is -0.0216. The zero-order chi connectivity index (χ0) is 13.4. The Morgan fingerprint density at radius 1 is 1.39 bits per heavy atom. The minimum absolute atomic E-state index is 0.0216. The molecule has 18 heavy (non-hydrogen) atoms. The van der Waals surface area contributed by atoms with Crippen LogP contribution < -0.4 is 10.6 Å². The molecule has 2 N–H and O–H groups in total.